The summed E-state index contributed by atoms with van der Waals surface area (Å²) in [5, 5.41) is 18.3. The molecule has 0 fully saturated rings. The Kier molecular flexibility index (Phi) is 2.34. The number of fused-ring (bicyclic) bond motifs is 1. The molecule has 0 radical (unpaired) electrons. The van der Waals surface area contributed by atoms with E-state index in [9.17, 15) is 5.11 Å². The lowest BCUT2D eigenvalue weighted by molar-refractivity contribution is 0.169. The topological polar surface area (TPSA) is 40.5 Å². The first kappa shape index (κ1) is 8.73. The second-order valence-electron chi connectivity index (χ2n) is 3.63. The van der Waals surface area contributed by atoms with Crippen LogP contribution >= 0.6 is 0 Å². The van der Waals surface area contributed by atoms with Gasteiger partial charge in [0.2, 0.25) is 0 Å². The van der Waals surface area contributed by atoms with Gasteiger partial charge in [0.15, 0.2) is 0 Å². The summed E-state index contributed by atoms with van der Waals surface area (Å²) < 4.78 is 0. The van der Waals surface area contributed by atoms with Crippen LogP contribution in [0.4, 0.5) is 0 Å². The summed E-state index contributed by atoms with van der Waals surface area (Å²) in [5.41, 5.74) is 2.49. The predicted molar refractivity (Wildman–Crippen MR) is 50.5 cm³/mol. The van der Waals surface area contributed by atoms with Gasteiger partial charge in [-0.3, -0.25) is 0 Å². The van der Waals surface area contributed by atoms with Gasteiger partial charge in [-0.25, -0.2) is 0 Å². The normalized spacial score (nSPS) is 26.0. The highest BCUT2D eigenvalue weighted by Gasteiger charge is 2.30. The van der Waals surface area contributed by atoms with E-state index in [1.54, 1.807) is 0 Å². The van der Waals surface area contributed by atoms with Crippen molar-refractivity contribution in [1.29, 1.82) is 0 Å². The van der Waals surface area contributed by atoms with E-state index < -0.39 is 0 Å². The molecule has 2 N–H and O–H groups in total. The van der Waals surface area contributed by atoms with Gasteiger partial charge >= 0.3 is 0 Å². The maximum absolute atomic E-state index is 9.20. The molecule has 0 spiro atoms. The molecule has 1 aromatic carbocycles. The van der Waals surface area contributed by atoms with Crippen molar-refractivity contribution >= 4 is 0 Å². The van der Waals surface area contributed by atoms with Gasteiger partial charge in [-0.15, -0.1) is 0 Å². The molecule has 1 aliphatic rings. The Balaban J connectivity index is 2.34. The maximum Gasteiger partial charge on any atom is 0.0503 e. The Morgan fingerprint density at radius 3 is 2.62 bits per heavy atom. The molecule has 2 atom stereocenters. The molecule has 0 bridgehead atoms. The zero-order valence-corrected chi connectivity index (χ0v) is 7.48. The number of aliphatic hydroxyl groups excluding tert-OH is 2. The summed E-state index contributed by atoms with van der Waals surface area (Å²) in [5.74, 6) is 0.351. The minimum Gasteiger partial charge on any atom is -0.396 e. The summed E-state index contributed by atoms with van der Waals surface area (Å²) in [6.07, 6.45) is 0.901. The maximum atomic E-state index is 9.20. The molecular formula is C11H14O2. The molecule has 13 heavy (non-hydrogen) atoms. The molecule has 0 saturated carbocycles. The third kappa shape index (κ3) is 1.36. The summed E-state index contributed by atoms with van der Waals surface area (Å²) in [7, 11) is 0. The lowest BCUT2D eigenvalue weighted by Crippen LogP contribution is -2.15. The monoisotopic (exact) mass is 178 g/mol. The largest absolute Gasteiger partial charge is 0.396 e. The first-order valence-electron chi connectivity index (χ1n) is 4.66. The van der Waals surface area contributed by atoms with E-state index in [2.05, 4.69) is 6.07 Å². The molecule has 0 heterocycles. The standard InChI is InChI=1S/C11H14O2/c12-6-9-5-8-3-1-2-4-10(8)11(9)7-13/h1-4,9,11-13H,5-7H2. The van der Waals surface area contributed by atoms with Crippen LogP contribution in [0, 0.1) is 5.92 Å². The van der Waals surface area contributed by atoms with Gasteiger partial charge in [0.25, 0.3) is 0 Å². The highest BCUT2D eigenvalue weighted by molar-refractivity contribution is 5.36. The van der Waals surface area contributed by atoms with Crippen LogP contribution in [0.1, 0.15) is 17.0 Å². The zero-order chi connectivity index (χ0) is 9.26. The van der Waals surface area contributed by atoms with E-state index in [1.807, 2.05) is 18.2 Å². The summed E-state index contributed by atoms with van der Waals surface area (Å²) in [6, 6.07) is 8.12. The Morgan fingerprint density at radius 2 is 1.92 bits per heavy atom. The minimum atomic E-state index is 0.140. The number of hydrogen-bond acceptors (Lipinski definition) is 2. The van der Waals surface area contributed by atoms with Crippen LogP contribution in [0.3, 0.4) is 0 Å². The van der Waals surface area contributed by atoms with Crippen LogP contribution in [-0.4, -0.2) is 23.4 Å². The Bertz CT molecular complexity index is 296. The number of aliphatic hydroxyl groups is 2. The smallest absolute Gasteiger partial charge is 0.0503 e. The molecule has 0 aromatic heterocycles. The highest BCUT2D eigenvalue weighted by atomic mass is 16.3. The fourth-order valence-electron chi connectivity index (χ4n) is 2.20. The van der Waals surface area contributed by atoms with Crippen LogP contribution < -0.4 is 0 Å². The second kappa shape index (κ2) is 3.48. The molecule has 70 valence electrons. The Labute approximate surface area is 77.8 Å². The molecule has 1 aromatic rings. The second-order valence-corrected chi connectivity index (χ2v) is 3.63. The van der Waals surface area contributed by atoms with Crippen LogP contribution in [0.15, 0.2) is 24.3 Å². The molecule has 2 unspecified atom stereocenters. The zero-order valence-electron chi connectivity index (χ0n) is 7.48. The van der Waals surface area contributed by atoms with E-state index in [0.29, 0.717) is 0 Å². The first-order chi connectivity index (χ1) is 6.36. The Morgan fingerprint density at radius 1 is 1.15 bits per heavy atom. The van der Waals surface area contributed by atoms with Gasteiger partial charge in [0.1, 0.15) is 0 Å². The first-order valence-corrected chi connectivity index (χ1v) is 4.66. The van der Waals surface area contributed by atoms with Crippen LogP contribution in [0.2, 0.25) is 0 Å². The molecule has 2 heteroatoms. The minimum absolute atomic E-state index is 0.140. The third-order valence-corrected chi connectivity index (χ3v) is 2.94. The predicted octanol–water partition coefficient (Wildman–Crippen LogP) is 0.927. The lowest BCUT2D eigenvalue weighted by Gasteiger charge is -2.14. The number of rotatable bonds is 2. The highest BCUT2D eigenvalue weighted by Crippen LogP contribution is 2.36. The fourth-order valence-corrected chi connectivity index (χ4v) is 2.20. The van der Waals surface area contributed by atoms with Crippen molar-refractivity contribution in [2.75, 3.05) is 13.2 Å². The quantitative estimate of drug-likeness (QED) is 0.707. The van der Waals surface area contributed by atoms with Crippen molar-refractivity contribution < 1.29 is 10.2 Å². The number of benzene rings is 1. The Hall–Kier alpha value is -0.860. The molecule has 0 saturated heterocycles. The van der Waals surface area contributed by atoms with Gasteiger partial charge in [-0.05, 0) is 23.5 Å². The fraction of sp³-hybridized carbons (Fsp3) is 0.455. The molecule has 0 amide bonds. The van der Waals surface area contributed by atoms with Crippen molar-refractivity contribution in [3.05, 3.63) is 35.4 Å². The van der Waals surface area contributed by atoms with Crippen molar-refractivity contribution in [2.45, 2.75) is 12.3 Å². The van der Waals surface area contributed by atoms with E-state index in [0.717, 1.165) is 6.42 Å². The van der Waals surface area contributed by atoms with E-state index >= 15 is 0 Å². The van der Waals surface area contributed by atoms with E-state index in [1.165, 1.54) is 11.1 Å². The van der Waals surface area contributed by atoms with Crippen LogP contribution in [-0.2, 0) is 6.42 Å². The van der Waals surface area contributed by atoms with E-state index in [4.69, 9.17) is 5.11 Å². The SMILES string of the molecule is OCC1Cc2ccccc2C1CO. The molecule has 0 aliphatic heterocycles. The van der Waals surface area contributed by atoms with E-state index in [-0.39, 0.29) is 25.0 Å². The lowest BCUT2D eigenvalue weighted by atomic mass is 9.94. The average Bonchev–Trinajstić information content (AvgIpc) is 2.55. The van der Waals surface area contributed by atoms with Crippen molar-refractivity contribution in [3.63, 3.8) is 0 Å². The number of hydrogen-bond donors (Lipinski definition) is 2. The van der Waals surface area contributed by atoms with Crippen molar-refractivity contribution in [3.8, 4) is 0 Å². The summed E-state index contributed by atoms with van der Waals surface area (Å²) in [6.45, 7) is 0.308. The third-order valence-electron chi connectivity index (χ3n) is 2.94. The van der Waals surface area contributed by atoms with Crippen LogP contribution in [0.25, 0.3) is 0 Å². The van der Waals surface area contributed by atoms with Gasteiger partial charge in [0, 0.05) is 12.5 Å². The van der Waals surface area contributed by atoms with Crippen molar-refractivity contribution in [1.82, 2.24) is 0 Å². The molecule has 2 rings (SSSR count). The molecule has 2 nitrogen and oxygen atoms in total. The average molecular weight is 178 g/mol. The van der Waals surface area contributed by atoms with Crippen molar-refractivity contribution in [2.24, 2.45) is 5.92 Å². The van der Waals surface area contributed by atoms with Gasteiger partial charge in [0.05, 0.1) is 6.61 Å². The molecule has 1 aliphatic carbocycles. The summed E-state index contributed by atoms with van der Waals surface area (Å²) in [4.78, 5) is 0. The van der Waals surface area contributed by atoms with Gasteiger partial charge in [-0.1, -0.05) is 24.3 Å². The van der Waals surface area contributed by atoms with Gasteiger partial charge in [-0.2, -0.15) is 0 Å². The summed E-state index contributed by atoms with van der Waals surface area (Å²) >= 11 is 0. The molecular weight excluding hydrogens is 164 g/mol. The van der Waals surface area contributed by atoms with Gasteiger partial charge < -0.3 is 10.2 Å². The van der Waals surface area contributed by atoms with Crippen LogP contribution in [0.5, 0.6) is 0 Å².